The van der Waals surface area contributed by atoms with Gasteiger partial charge in [-0.3, -0.25) is 23.5 Å². The van der Waals surface area contributed by atoms with Crippen LogP contribution >= 0.6 is 22.8 Å². The summed E-state index contributed by atoms with van der Waals surface area (Å²) in [5.74, 6) is 0. The fourth-order valence-corrected chi connectivity index (χ4v) is 4.97. The standard InChI is InChI=1S/C13H25N2O9P3/c16-25(17,18)10-14(9-13-5-2-1-3-6-13)7-4-8-15(11-26(19,20)21)12-27(22,23)24/h1-3,5-6H,4,7-12H2,(H2,16,17,18)(H2,19,20,21)(H2,22,23,24). The Labute approximate surface area is 157 Å². The molecule has 0 aliphatic rings. The first-order valence-corrected chi connectivity index (χ1v) is 13.3. The summed E-state index contributed by atoms with van der Waals surface area (Å²) in [6, 6.07) is 8.96. The first kappa shape index (κ1) is 24.6. The molecule has 0 aromatic heterocycles. The van der Waals surface area contributed by atoms with Gasteiger partial charge < -0.3 is 29.4 Å². The van der Waals surface area contributed by atoms with Gasteiger partial charge in [0.15, 0.2) is 0 Å². The van der Waals surface area contributed by atoms with Crippen molar-refractivity contribution in [3.8, 4) is 0 Å². The van der Waals surface area contributed by atoms with Crippen LogP contribution in [0, 0.1) is 0 Å². The van der Waals surface area contributed by atoms with Crippen LogP contribution in [0.15, 0.2) is 30.3 Å². The third kappa shape index (κ3) is 13.4. The number of hydrogen-bond donors (Lipinski definition) is 6. The molecular weight excluding hydrogens is 421 g/mol. The van der Waals surface area contributed by atoms with E-state index in [-0.39, 0.29) is 26.1 Å². The lowest BCUT2D eigenvalue weighted by atomic mass is 10.2. The van der Waals surface area contributed by atoms with Crippen LogP contribution in [0.2, 0.25) is 0 Å². The van der Waals surface area contributed by atoms with Gasteiger partial charge in [0.2, 0.25) is 0 Å². The molecule has 1 aromatic rings. The SMILES string of the molecule is O=P(O)(O)CN(CCCN(CP(=O)(O)O)CP(=O)(O)O)Cc1ccccc1. The van der Waals surface area contributed by atoms with Crippen molar-refractivity contribution in [2.45, 2.75) is 13.0 Å². The largest absolute Gasteiger partial charge is 0.339 e. The van der Waals surface area contributed by atoms with E-state index in [1.54, 1.807) is 30.3 Å². The van der Waals surface area contributed by atoms with Gasteiger partial charge in [-0.15, -0.1) is 0 Å². The summed E-state index contributed by atoms with van der Waals surface area (Å²) in [6.07, 6.45) is -1.92. The van der Waals surface area contributed by atoms with E-state index in [0.717, 1.165) is 10.5 Å². The normalized spacial score (nSPS) is 13.5. The average Bonchev–Trinajstić information content (AvgIpc) is 2.42. The second kappa shape index (κ2) is 10.4. The number of rotatable bonds is 12. The quantitative estimate of drug-likeness (QED) is 0.247. The average molecular weight is 446 g/mol. The van der Waals surface area contributed by atoms with Crippen LogP contribution in [0.1, 0.15) is 12.0 Å². The number of hydrogen-bond acceptors (Lipinski definition) is 5. The molecule has 0 unspecified atom stereocenters. The van der Waals surface area contributed by atoms with E-state index in [4.69, 9.17) is 19.6 Å². The first-order chi connectivity index (χ1) is 12.2. The van der Waals surface area contributed by atoms with Crippen LogP contribution in [-0.4, -0.2) is 71.1 Å². The molecule has 14 heteroatoms. The van der Waals surface area contributed by atoms with Gasteiger partial charge in [0.05, 0.1) is 0 Å². The second-order valence-corrected chi connectivity index (χ2v) is 11.0. The highest BCUT2D eigenvalue weighted by molar-refractivity contribution is 7.52. The van der Waals surface area contributed by atoms with Gasteiger partial charge >= 0.3 is 22.8 Å². The smallest absolute Gasteiger partial charge is 0.324 e. The lowest BCUT2D eigenvalue weighted by Crippen LogP contribution is -2.31. The van der Waals surface area contributed by atoms with Gasteiger partial charge in [-0.2, -0.15) is 0 Å². The van der Waals surface area contributed by atoms with Gasteiger partial charge in [-0.25, -0.2) is 0 Å². The zero-order chi connectivity index (χ0) is 20.7. The van der Waals surface area contributed by atoms with Crippen LogP contribution in [-0.2, 0) is 20.2 Å². The Bertz CT molecular complexity index is 691. The Kier molecular flexibility index (Phi) is 9.48. The molecule has 27 heavy (non-hydrogen) atoms. The van der Waals surface area contributed by atoms with Gasteiger partial charge in [-0.1, -0.05) is 30.3 Å². The molecule has 0 spiro atoms. The molecule has 1 aromatic carbocycles. The Morgan fingerprint density at radius 3 is 1.52 bits per heavy atom. The molecule has 0 atom stereocenters. The molecule has 0 aliphatic carbocycles. The van der Waals surface area contributed by atoms with E-state index < -0.39 is 41.6 Å². The van der Waals surface area contributed by atoms with E-state index >= 15 is 0 Å². The van der Waals surface area contributed by atoms with Gasteiger partial charge in [0.1, 0.15) is 18.9 Å². The fraction of sp³-hybridized carbons (Fsp3) is 0.538. The lowest BCUT2D eigenvalue weighted by Gasteiger charge is -2.26. The summed E-state index contributed by atoms with van der Waals surface area (Å²) in [7, 11) is -13.4. The predicted octanol–water partition coefficient (Wildman–Crippen LogP) is 0.586. The minimum Gasteiger partial charge on any atom is -0.324 e. The Morgan fingerprint density at radius 1 is 0.667 bits per heavy atom. The summed E-state index contributed by atoms with van der Waals surface area (Å²) >= 11 is 0. The highest BCUT2D eigenvalue weighted by Gasteiger charge is 2.26. The van der Waals surface area contributed by atoms with E-state index in [9.17, 15) is 23.5 Å². The molecule has 0 bridgehead atoms. The first-order valence-electron chi connectivity index (χ1n) is 7.86. The van der Waals surface area contributed by atoms with E-state index in [1.165, 1.54) is 4.90 Å². The Balaban J connectivity index is 2.71. The second-order valence-electron chi connectivity index (χ2n) is 6.20. The minimum absolute atomic E-state index is 0.0529. The van der Waals surface area contributed by atoms with Crippen molar-refractivity contribution in [1.82, 2.24) is 9.80 Å². The molecule has 0 amide bonds. The third-order valence-corrected chi connectivity index (χ3v) is 5.66. The van der Waals surface area contributed by atoms with Crippen molar-refractivity contribution < 1.29 is 43.1 Å². The highest BCUT2D eigenvalue weighted by atomic mass is 31.2. The van der Waals surface area contributed by atoms with Crippen molar-refractivity contribution in [2.75, 3.05) is 31.9 Å². The van der Waals surface area contributed by atoms with Crippen molar-refractivity contribution in [1.29, 1.82) is 0 Å². The number of benzene rings is 1. The summed E-state index contributed by atoms with van der Waals surface area (Å²) < 4.78 is 33.6. The molecular formula is C13H25N2O9P3. The van der Waals surface area contributed by atoms with Crippen molar-refractivity contribution in [2.24, 2.45) is 0 Å². The maximum Gasteiger partial charge on any atom is 0.339 e. The monoisotopic (exact) mass is 446 g/mol. The van der Waals surface area contributed by atoms with Gasteiger partial charge in [0.25, 0.3) is 0 Å². The summed E-state index contributed by atoms with van der Waals surface area (Å²) in [4.78, 5) is 57.1. The van der Waals surface area contributed by atoms with Crippen molar-refractivity contribution in [3.63, 3.8) is 0 Å². The molecule has 0 aliphatic heterocycles. The molecule has 11 nitrogen and oxygen atoms in total. The molecule has 0 radical (unpaired) electrons. The molecule has 0 saturated carbocycles. The van der Waals surface area contributed by atoms with E-state index in [2.05, 4.69) is 0 Å². The summed E-state index contributed by atoms with van der Waals surface area (Å²) in [5, 5.41) is 0. The minimum atomic E-state index is -4.52. The van der Waals surface area contributed by atoms with Gasteiger partial charge in [-0.05, 0) is 12.0 Å². The zero-order valence-corrected chi connectivity index (χ0v) is 17.2. The maximum atomic E-state index is 11.3. The summed E-state index contributed by atoms with van der Waals surface area (Å²) in [6.45, 7) is 0.366. The van der Waals surface area contributed by atoms with Crippen LogP contribution in [0.5, 0.6) is 0 Å². The molecule has 1 rings (SSSR count). The van der Waals surface area contributed by atoms with Crippen LogP contribution in [0.4, 0.5) is 0 Å². The van der Waals surface area contributed by atoms with E-state index in [0.29, 0.717) is 0 Å². The Morgan fingerprint density at radius 2 is 1.07 bits per heavy atom. The predicted molar refractivity (Wildman–Crippen MR) is 98.9 cm³/mol. The molecule has 156 valence electrons. The molecule has 0 heterocycles. The zero-order valence-electron chi connectivity index (χ0n) is 14.5. The van der Waals surface area contributed by atoms with Crippen LogP contribution < -0.4 is 0 Å². The maximum absolute atomic E-state index is 11.3. The molecule has 0 fully saturated rings. The van der Waals surface area contributed by atoms with E-state index in [1.807, 2.05) is 0 Å². The fourth-order valence-electron chi connectivity index (χ4n) is 2.53. The lowest BCUT2D eigenvalue weighted by molar-refractivity contribution is 0.237. The molecule has 6 N–H and O–H groups in total. The summed E-state index contributed by atoms with van der Waals surface area (Å²) in [5.41, 5.74) is 0.827. The Hall–Kier alpha value is -0.410. The highest BCUT2D eigenvalue weighted by Crippen LogP contribution is 2.41. The topological polar surface area (TPSA) is 179 Å². The van der Waals surface area contributed by atoms with Crippen molar-refractivity contribution >= 4 is 22.8 Å². The van der Waals surface area contributed by atoms with Crippen LogP contribution in [0.25, 0.3) is 0 Å². The number of nitrogens with zero attached hydrogens (tertiary/aromatic N) is 2. The van der Waals surface area contributed by atoms with Gasteiger partial charge in [0, 0.05) is 19.6 Å². The van der Waals surface area contributed by atoms with Crippen LogP contribution in [0.3, 0.4) is 0 Å². The molecule has 0 saturated heterocycles. The third-order valence-electron chi connectivity index (χ3n) is 3.35. The van der Waals surface area contributed by atoms with Crippen molar-refractivity contribution in [3.05, 3.63) is 35.9 Å².